The first-order valence-corrected chi connectivity index (χ1v) is 6.79. The molecule has 2 aromatic carbocycles. The number of carbonyl (C=O) groups is 2. The van der Waals surface area contributed by atoms with Crippen LogP contribution in [-0.4, -0.2) is 25.0 Å². The van der Waals surface area contributed by atoms with Gasteiger partial charge in [0.05, 0.1) is 12.2 Å². The fraction of sp³-hybridized carbons (Fsp3) is 0.176. The molecular weight excluding hydrogens is 287 g/mol. The van der Waals surface area contributed by atoms with Crippen molar-refractivity contribution >= 4 is 11.8 Å². The van der Waals surface area contributed by atoms with Crippen molar-refractivity contribution in [1.82, 2.24) is 0 Å². The third-order valence-corrected chi connectivity index (χ3v) is 2.88. The summed E-state index contributed by atoms with van der Waals surface area (Å²) in [5, 5.41) is 0. The molecule has 0 atom stereocenters. The molecule has 0 amide bonds. The summed E-state index contributed by atoms with van der Waals surface area (Å²) in [5.74, 6) is -0.736. The molecule has 5 heteroatoms. The highest BCUT2D eigenvalue weighted by atomic mass is 19.1. The Morgan fingerprint density at radius 1 is 1.05 bits per heavy atom. The van der Waals surface area contributed by atoms with E-state index in [1.54, 1.807) is 25.1 Å². The second-order valence-electron chi connectivity index (χ2n) is 4.47. The quantitative estimate of drug-likeness (QED) is 0.607. The largest absolute Gasteiger partial charge is 0.485 e. The van der Waals surface area contributed by atoms with Crippen molar-refractivity contribution in [3.63, 3.8) is 0 Å². The van der Waals surface area contributed by atoms with Gasteiger partial charge >= 0.3 is 5.97 Å². The number of Topliss-reactive ketones (excluding diaryl/α,β-unsaturated/α-hetero) is 1. The van der Waals surface area contributed by atoms with Gasteiger partial charge in [0.25, 0.3) is 0 Å². The van der Waals surface area contributed by atoms with Crippen molar-refractivity contribution in [2.75, 3.05) is 13.2 Å². The van der Waals surface area contributed by atoms with Crippen LogP contribution in [0.1, 0.15) is 27.6 Å². The van der Waals surface area contributed by atoms with Crippen molar-refractivity contribution < 1.29 is 23.5 Å². The van der Waals surface area contributed by atoms with Crippen LogP contribution < -0.4 is 4.74 Å². The van der Waals surface area contributed by atoms with Crippen molar-refractivity contribution in [2.24, 2.45) is 0 Å². The van der Waals surface area contributed by atoms with Gasteiger partial charge in [-0.1, -0.05) is 6.07 Å². The summed E-state index contributed by atoms with van der Waals surface area (Å²) < 4.78 is 23.1. The van der Waals surface area contributed by atoms with Gasteiger partial charge in [0, 0.05) is 5.56 Å². The van der Waals surface area contributed by atoms with E-state index in [1.165, 1.54) is 30.3 Å². The molecule has 0 fully saturated rings. The molecule has 0 aromatic heterocycles. The topological polar surface area (TPSA) is 52.6 Å². The minimum absolute atomic E-state index is 0.197. The van der Waals surface area contributed by atoms with E-state index in [-0.39, 0.29) is 19.0 Å². The van der Waals surface area contributed by atoms with Gasteiger partial charge in [-0.3, -0.25) is 4.79 Å². The number of ketones is 1. The summed E-state index contributed by atoms with van der Waals surface area (Å²) in [4.78, 5) is 23.5. The van der Waals surface area contributed by atoms with Gasteiger partial charge in [0.2, 0.25) is 0 Å². The Balaban J connectivity index is 1.99. The van der Waals surface area contributed by atoms with Gasteiger partial charge in [0.1, 0.15) is 11.6 Å². The minimum Gasteiger partial charge on any atom is -0.485 e. The predicted molar refractivity (Wildman–Crippen MR) is 78.6 cm³/mol. The van der Waals surface area contributed by atoms with Crippen LogP contribution in [0.4, 0.5) is 4.39 Å². The number of benzene rings is 2. The summed E-state index contributed by atoms with van der Waals surface area (Å²) >= 11 is 0. The molecule has 0 aliphatic carbocycles. The zero-order valence-electron chi connectivity index (χ0n) is 12.0. The summed E-state index contributed by atoms with van der Waals surface area (Å²) in [7, 11) is 0. The van der Waals surface area contributed by atoms with Crippen molar-refractivity contribution in [1.29, 1.82) is 0 Å². The highest BCUT2D eigenvalue weighted by Gasteiger charge is 2.10. The summed E-state index contributed by atoms with van der Waals surface area (Å²) in [6, 6.07) is 11.6. The van der Waals surface area contributed by atoms with Crippen LogP contribution in [0.5, 0.6) is 5.75 Å². The van der Waals surface area contributed by atoms with E-state index in [4.69, 9.17) is 9.47 Å². The van der Waals surface area contributed by atoms with Gasteiger partial charge < -0.3 is 9.47 Å². The molecule has 0 aliphatic rings. The number of halogens is 1. The van der Waals surface area contributed by atoms with Gasteiger partial charge in [-0.15, -0.1) is 0 Å². The van der Waals surface area contributed by atoms with Crippen LogP contribution >= 0.6 is 0 Å². The minimum atomic E-state index is -0.446. The average Bonchev–Trinajstić information content (AvgIpc) is 2.54. The lowest BCUT2D eigenvalue weighted by Crippen LogP contribution is -2.12. The number of rotatable bonds is 6. The summed E-state index contributed by atoms with van der Waals surface area (Å²) in [6.07, 6.45) is 0. The fourth-order valence-corrected chi connectivity index (χ4v) is 1.80. The number of carbonyl (C=O) groups excluding carboxylic acids is 2. The summed E-state index contributed by atoms with van der Waals surface area (Å²) in [6.45, 7) is 1.81. The van der Waals surface area contributed by atoms with Crippen LogP contribution in [-0.2, 0) is 4.74 Å². The highest BCUT2D eigenvalue weighted by molar-refractivity contribution is 5.97. The molecule has 0 heterocycles. The van der Waals surface area contributed by atoms with Crippen LogP contribution in [0.15, 0.2) is 48.5 Å². The Labute approximate surface area is 127 Å². The first-order valence-electron chi connectivity index (χ1n) is 6.79. The molecular formula is C17H15FO4. The van der Waals surface area contributed by atoms with Crippen LogP contribution in [0.2, 0.25) is 0 Å². The lowest BCUT2D eigenvalue weighted by molar-refractivity contribution is 0.0526. The van der Waals surface area contributed by atoms with Gasteiger partial charge in [-0.05, 0) is 49.4 Å². The maximum Gasteiger partial charge on any atom is 0.338 e. The summed E-state index contributed by atoms with van der Waals surface area (Å²) in [5.41, 5.74) is 0.719. The molecule has 0 radical (unpaired) electrons. The molecule has 0 spiro atoms. The number of hydrogen-bond acceptors (Lipinski definition) is 4. The van der Waals surface area contributed by atoms with Crippen molar-refractivity contribution in [3.8, 4) is 5.75 Å². The first-order chi connectivity index (χ1) is 10.6. The van der Waals surface area contributed by atoms with E-state index >= 15 is 0 Å². The van der Waals surface area contributed by atoms with Gasteiger partial charge in [0.15, 0.2) is 12.4 Å². The third kappa shape index (κ3) is 4.15. The lowest BCUT2D eigenvalue weighted by Gasteiger charge is -2.07. The molecule has 4 nitrogen and oxygen atoms in total. The molecule has 0 aliphatic heterocycles. The molecule has 22 heavy (non-hydrogen) atoms. The second-order valence-corrected chi connectivity index (χ2v) is 4.47. The Hall–Kier alpha value is -2.69. The highest BCUT2D eigenvalue weighted by Crippen LogP contribution is 2.15. The molecule has 2 aromatic rings. The SMILES string of the molecule is CCOC(=O)c1cccc(OCC(=O)c2ccc(F)cc2)c1. The number of hydrogen-bond donors (Lipinski definition) is 0. The van der Waals surface area contributed by atoms with Gasteiger partial charge in [-0.25, -0.2) is 9.18 Å². The normalized spacial score (nSPS) is 10.1. The maximum absolute atomic E-state index is 12.8. The standard InChI is InChI=1S/C17H15FO4/c1-2-21-17(20)13-4-3-5-15(10-13)22-11-16(19)12-6-8-14(18)9-7-12/h3-10H,2,11H2,1H3. The van der Waals surface area contributed by atoms with E-state index in [0.29, 0.717) is 16.9 Å². The van der Waals surface area contributed by atoms with Crippen molar-refractivity contribution in [2.45, 2.75) is 6.92 Å². The van der Waals surface area contributed by atoms with Crippen LogP contribution in [0.25, 0.3) is 0 Å². The molecule has 0 bridgehead atoms. The molecule has 0 saturated carbocycles. The molecule has 114 valence electrons. The predicted octanol–water partition coefficient (Wildman–Crippen LogP) is 3.26. The zero-order valence-corrected chi connectivity index (χ0v) is 12.0. The Morgan fingerprint density at radius 2 is 1.77 bits per heavy atom. The molecule has 0 N–H and O–H groups in total. The smallest absolute Gasteiger partial charge is 0.338 e. The third-order valence-electron chi connectivity index (χ3n) is 2.88. The van der Waals surface area contributed by atoms with E-state index in [2.05, 4.69) is 0 Å². The molecule has 2 rings (SSSR count). The maximum atomic E-state index is 12.8. The first kappa shape index (κ1) is 15.7. The van der Waals surface area contributed by atoms with E-state index in [1.807, 2.05) is 0 Å². The van der Waals surface area contributed by atoms with Crippen molar-refractivity contribution in [3.05, 3.63) is 65.5 Å². The van der Waals surface area contributed by atoms with Crippen LogP contribution in [0.3, 0.4) is 0 Å². The number of esters is 1. The molecule has 0 unspecified atom stereocenters. The fourth-order valence-electron chi connectivity index (χ4n) is 1.80. The second kappa shape index (κ2) is 7.36. The van der Waals surface area contributed by atoms with Crippen LogP contribution in [0, 0.1) is 5.82 Å². The average molecular weight is 302 g/mol. The molecule has 0 saturated heterocycles. The van der Waals surface area contributed by atoms with E-state index in [9.17, 15) is 14.0 Å². The van der Waals surface area contributed by atoms with E-state index < -0.39 is 11.8 Å². The van der Waals surface area contributed by atoms with E-state index in [0.717, 1.165) is 0 Å². The number of ether oxygens (including phenoxy) is 2. The van der Waals surface area contributed by atoms with Gasteiger partial charge in [-0.2, -0.15) is 0 Å². The Bertz CT molecular complexity index is 665. The Kier molecular flexibility index (Phi) is 5.25. The Morgan fingerprint density at radius 3 is 2.45 bits per heavy atom. The monoisotopic (exact) mass is 302 g/mol. The zero-order chi connectivity index (χ0) is 15.9. The lowest BCUT2D eigenvalue weighted by atomic mass is 10.1.